The molecule has 2 amide bonds. The quantitative estimate of drug-likeness (QED) is 0.604. The predicted octanol–water partition coefficient (Wildman–Crippen LogP) is 2.16. The third-order valence-electron chi connectivity index (χ3n) is 4.19. The van der Waals surface area contributed by atoms with Gasteiger partial charge in [-0.2, -0.15) is 0 Å². The number of methoxy groups -OCH3 is 1. The highest BCUT2D eigenvalue weighted by Gasteiger charge is 2.32. The smallest absolute Gasteiger partial charge is 0.338 e. The molecule has 1 aromatic rings. The molecule has 0 bridgehead atoms. The lowest BCUT2D eigenvalue weighted by Gasteiger charge is -2.28. The molecule has 1 aliphatic rings. The molecule has 1 aromatic carbocycles. The molecule has 0 aliphatic carbocycles. The summed E-state index contributed by atoms with van der Waals surface area (Å²) < 4.78 is 21.1. The second kappa shape index (κ2) is 10.4. The average molecular weight is 406 g/mol. The van der Waals surface area contributed by atoms with Gasteiger partial charge in [0.1, 0.15) is 6.61 Å². The Kier molecular flexibility index (Phi) is 7.88. The number of ether oxygens (including phenoxy) is 4. The maximum Gasteiger partial charge on any atom is 0.338 e. The van der Waals surface area contributed by atoms with Gasteiger partial charge in [-0.25, -0.2) is 14.4 Å². The van der Waals surface area contributed by atoms with Crippen LogP contribution in [0.3, 0.4) is 0 Å². The topological polar surface area (TPSA) is 112 Å². The minimum atomic E-state index is -0.636. The molecule has 158 valence electrons. The normalized spacial score (nSPS) is 15.9. The minimum absolute atomic E-state index is 0.186. The standard InChI is InChI=1S/C20H26N2O7/c1-5-13-17(19(24)28-7-3)14(22-20(25)21-13)11-29-18(23)12-8-9-15(27-6-2)16(10-12)26-4/h8-10,13H,5-7,11H2,1-4H3,(H2,21,22,25)/t13-/m1/s1. The molecule has 0 fully saturated rings. The summed E-state index contributed by atoms with van der Waals surface area (Å²) in [6.45, 7) is 5.71. The van der Waals surface area contributed by atoms with Crippen molar-refractivity contribution in [1.82, 2.24) is 10.6 Å². The first-order valence-corrected chi connectivity index (χ1v) is 9.40. The first-order valence-electron chi connectivity index (χ1n) is 9.40. The zero-order chi connectivity index (χ0) is 21.4. The number of nitrogens with one attached hydrogen (secondary N) is 2. The number of carbonyl (C=O) groups excluding carboxylic acids is 3. The minimum Gasteiger partial charge on any atom is -0.493 e. The fourth-order valence-electron chi connectivity index (χ4n) is 2.87. The fourth-order valence-corrected chi connectivity index (χ4v) is 2.87. The van der Waals surface area contributed by atoms with Crippen LogP contribution >= 0.6 is 0 Å². The number of urea groups is 1. The Hall–Kier alpha value is -3.23. The van der Waals surface area contributed by atoms with Crippen LogP contribution in [-0.2, 0) is 14.3 Å². The number of rotatable bonds is 9. The molecule has 0 unspecified atom stereocenters. The third-order valence-corrected chi connectivity index (χ3v) is 4.19. The molecule has 1 aliphatic heterocycles. The van der Waals surface area contributed by atoms with Crippen molar-refractivity contribution < 1.29 is 33.3 Å². The van der Waals surface area contributed by atoms with Crippen molar-refractivity contribution in [2.24, 2.45) is 0 Å². The Morgan fingerprint density at radius 1 is 1.03 bits per heavy atom. The lowest BCUT2D eigenvalue weighted by molar-refractivity contribution is -0.139. The Morgan fingerprint density at radius 3 is 2.41 bits per heavy atom. The number of amides is 2. The maximum absolute atomic E-state index is 12.5. The van der Waals surface area contributed by atoms with Crippen LogP contribution < -0.4 is 20.1 Å². The molecule has 2 rings (SSSR count). The predicted molar refractivity (Wildman–Crippen MR) is 104 cm³/mol. The second-order valence-electron chi connectivity index (χ2n) is 6.05. The molecule has 1 heterocycles. The van der Waals surface area contributed by atoms with Crippen molar-refractivity contribution >= 4 is 18.0 Å². The van der Waals surface area contributed by atoms with E-state index >= 15 is 0 Å². The van der Waals surface area contributed by atoms with Gasteiger partial charge in [0.2, 0.25) is 0 Å². The van der Waals surface area contributed by atoms with E-state index in [0.29, 0.717) is 24.5 Å². The summed E-state index contributed by atoms with van der Waals surface area (Å²) in [5.74, 6) is -0.298. The van der Waals surface area contributed by atoms with Crippen LogP contribution in [0.5, 0.6) is 11.5 Å². The highest BCUT2D eigenvalue weighted by Crippen LogP contribution is 2.28. The van der Waals surface area contributed by atoms with Crippen LogP contribution in [0.1, 0.15) is 37.6 Å². The summed E-state index contributed by atoms with van der Waals surface area (Å²) in [5.41, 5.74) is 0.687. The van der Waals surface area contributed by atoms with E-state index in [-0.39, 0.29) is 30.0 Å². The van der Waals surface area contributed by atoms with Gasteiger partial charge in [-0.05, 0) is 38.5 Å². The fraction of sp³-hybridized carbons (Fsp3) is 0.450. The summed E-state index contributed by atoms with van der Waals surface area (Å²) >= 11 is 0. The van der Waals surface area contributed by atoms with Crippen molar-refractivity contribution in [1.29, 1.82) is 0 Å². The van der Waals surface area contributed by atoms with Gasteiger partial charge in [-0.3, -0.25) is 0 Å². The van der Waals surface area contributed by atoms with Gasteiger partial charge in [0.05, 0.1) is 43.2 Å². The summed E-state index contributed by atoms with van der Waals surface area (Å²) in [7, 11) is 1.47. The van der Waals surface area contributed by atoms with E-state index < -0.39 is 24.0 Å². The highest BCUT2D eigenvalue weighted by atomic mass is 16.5. The molecule has 9 heteroatoms. The summed E-state index contributed by atoms with van der Waals surface area (Å²) in [6.07, 6.45) is 0.481. The van der Waals surface area contributed by atoms with E-state index in [1.54, 1.807) is 19.1 Å². The van der Waals surface area contributed by atoms with Crippen molar-refractivity contribution in [3.63, 3.8) is 0 Å². The van der Waals surface area contributed by atoms with Gasteiger partial charge < -0.3 is 29.6 Å². The molecule has 29 heavy (non-hydrogen) atoms. The molecule has 0 saturated carbocycles. The Labute approximate surface area is 169 Å². The van der Waals surface area contributed by atoms with Crippen LogP contribution in [0.15, 0.2) is 29.5 Å². The molecule has 1 atom stereocenters. The van der Waals surface area contributed by atoms with Gasteiger partial charge in [-0.15, -0.1) is 0 Å². The second-order valence-corrected chi connectivity index (χ2v) is 6.05. The van der Waals surface area contributed by atoms with Crippen molar-refractivity contribution in [3.8, 4) is 11.5 Å². The van der Waals surface area contributed by atoms with Crippen LogP contribution in [0.25, 0.3) is 0 Å². The van der Waals surface area contributed by atoms with Crippen molar-refractivity contribution in [2.45, 2.75) is 33.2 Å². The Morgan fingerprint density at radius 2 is 1.79 bits per heavy atom. The first-order chi connectivity index (χ1) is 13.9. The van der Waals surface area contributed by atoms with Crippen LogP contribution in [-0.4, -0.2) is 50.9 Å². The van der Waals surface area contributed by atoms with Gasteiger partial charge in [-0.1, -0.05) is 6.92 Å². The van der Waals surface area contributed by atoms with Crippen molar-refractivity contribution in [3.05, 3.63) is 35.0 Å². The third kappa shape index (κ3) is 5.40. The van der Waals surface area contributed by atoms with Gasteiger partial charge >= 0.3 is 18.0 Å². The largest absolute Gasteiger partial charge is 0.493 e. The van der Waals surface area contributed by atoms with Crippen LogP contribution in [0.2, 0.25) is 0 Å². The SMILES string of the molecule is CCOC(=O)C1=C(COC(=O)c2ccc(OCC)c(OC)c2)NC(=O)N[C@@H]1CC. The van der Waals surface area contributed by atoms with E-state index in [1.807, 2.05) is 13.8 Å². The van der Waals surface area contributed by atoms with E-state index in [4.69, 9.17) is 18.9 Å². The molecular weight excluding hydrogens is 380 g/mol. The zero-order valence-electron chi connectivity index (χ0n) is 17.0. The van der Waals surface area contributed by atoms with Crippen LogP contribution in [0.4, 0.5) is 4.79 Å². The molecule has 0 aromatic heterocycles. The number of benzene rings is 1. The summed E-state index contributed by atoms with van der Waals surface area (Å²) in [4.78, 5) is 36.7. The highest BCUT2D eigenvalue weighted by molar-refractivity contribution is 5.95. The Bertz CT molecular complexity index is 804. The number of esters is 2. The summed E-state index contributed by atoms with van der Waals surface area (Å²) in [5, 5.41) is 5.19. The van der Waals surface area contributed by atoms with Gasteiger partial charge in [0.15, 0.2) is 11.5 Å². The lowest BCUT2D eigenvalue weighted by Crippen LogP contribution is -2.51. The Balaban J connectivity index is 2.21. The molecule has 2 N–H and O–H groups in total. The van der Waals surface area contributed by atoms with E-state index in [1.165, 1.54) is 13.2 Å². The first kappa shape index (κ1) is 22.1. The average Bonchev–Trinajstić information content (AvgIpc) is 2.71. The zero-order valence-corrected chi connectivity index (χ0v) is 17.0. The summed E-state index contributed by atoms with van der Waals surface area (Å²) in [6, 6.07) is 3.67. The molecule has 9 nitrogen and oxygen atoms in total. The van der Waals surface area contributed by atoms with Gasteiger partial charge in [0.25, 0.3) is 0 Å². The van der Waals surface area contributed by atoms with Crippen molar-refractivity contribution in [2.75, 3.05) is 26.9 Å². The monoisotopic (exact) mass is 406 g/mol. The number of carbonyl (C=O) groups is 3. The van der Waals surface area contributed by atoms with Gasteiger partial charge in [0, 0.05) is 0 Å². The van der Waals surface area contributed by atoms with E-state index in [2.05, 4.69) is 10.6 Å². The number of hydrogen-bond donors (Lipinski definition) is 2. The lowest BCUT2D eigenvalue weighted by atomic mass is 10.0. The molecule has 0 radical (unpaired) electrons. The van der Waals surface area contributed by atoms with Crippen LogP contribution in [0, 0.1) is 0 Å². The van der Waals surface area contributed by atoms with E-state index in [0.717, 1.165) is 0 Å². The molecule has 0 spiro atoms. The molecule has 0 saturated heterocycles. The van der Waals surface area contributed by atoms with E-state index in [9.17, 15) is 14.4 Å². The number of hydrogen-bond acceptors (Lipinski definition) is 7. The maximum atomic E-state index is 12.5. The molecular formula is C20H26N2O7.